The first kappa shape index (κ1) is 26.5. The molecular weight excluding hydrogens is 494 g/mol. The van der Waals surface area contributed by atoms with Gasteiger partial charge in [0.1, 0.15) is 11.4 Å². The molecule has 2 aliphatic rings. The van der Waals surface area contributed by atoms with E-state index in [2.05, 4.69) is 5.32 Å². The van der Waals surface area contributed by atoms with Crippen molar-refractivity contribution < 1.29 is 23.9 Å². The average Bonchev–Trinajstić information content (AvgIpc) is 3.23. The molecule has 1 unspecified atom stereocenters. The summed E-state index contributed by atoms with van der Waals surface area (Å²) in [6.45, 7) is 7.04. The summed E-state index contributed by atoms with van der Waals surface area (Å²) in [5.41, 5.74) is 1.76. The van der Waals surface area contributed by atoms with Crippen LogP contribution in [-0.4, -0.2) is 59.5 Å². The molecule has 2 aliphatic heterocycles. The third-order valence-corrected chi connectivity index (χ3v) is 7.30. The molecule has 5 rings (SSSR count). The molecule has 0 spiro atoms. The number of anilines is 1. The molecule has 0 bridgehead atoms. The van der Waals surface area contributed by atoms with Gasteiger partial charge in [0.15, 0.2) is 0 Å². The SMILES string of the molecule is COc1ccc(C(=O)Nc2cccc3c2C(=O)N(CC2CCCCN2C(=O)OC(C)(C)C)C3)c2ccccc12. The fourth-order valence-corrected chi connectivity index (χ4v) is 5.51. The van der Waals surface area contributed by atoms with Crippen molar-refractivity contribution in [3.8, 4) is 5.75 Å². The lowest BCUT2D eigenvalue weighted by molar-refractivity contribution is 0.00514. The topological polar surface area (TPSA) is 88.2 Å². The predicted octanol–water partition coefficient (Wildman–Crippen LogP) is 5.85. The predicted molar refractivity (Wildman–Crippen MR) is 150 cm³/mol. The Labute approximate surface area is 228 Å². The van der Waals surface area contributed by atoms with Crippen LogP contribution in [0.4, 0.5) is 10.5 Å². The fourth-order valence-electron chi connectivity index (χ4n) is 5.51. The van der Waals surface area contributed by atoms with Gasteiger partial charge in [0.2, 0.25) is 0 Å². The molecule has 8 heteroatoms. The van der Waals surface area contributed by atoms with Gasteiger partial charge in [0.25, 0.3) is 11.8 Å². The van der Waals surface area contributed by atoms with Crippen LogP contribution in [-0.2, 0) is 11.3 Å². The highest BCUT2D eigenvalue weighted by Crippen LogP contribution is 2.33. The van der Waals surface area contributed by atoms with Crippen LogP contribution in [0.25, 0.3) is 10.8 Å². The van der Waals surface area contributed by atoms with Crippen LogP contribution in [0.3, 0.4) is 0 Å². The molecule has 3 aromatic rings. The molecule has 0 aromatic heterocycles. The summed E-state index contributed by atoms with van der Waals surface area (Å²) in [5, 5.41) is 4.60. The molecule has 1 atom stereocenters. The van der Waals surface area contributed by atoms with Crippen molar-refractivity contribution in [3.05, 3.63) is 71.3 Å². The smallest absolute Gasteiger partial charge is 0.410 e. The van der Waals surface area contributed by atoms with Crippen molar-refractivity contribution in [2.75, 3.05) is 25.5 Å². The van der Waals surface area contributed by atoms with E-state index in [9.17, 15) is 14.4 Å². The number of carbonyl (C=O) groups excluding carboxylic acids is 3. The molecule has 3 amide bonds. The van der Waals surface area contributed by atoms with Gasteiger partial charge in [-0.1, -0.05) is 36.4 Å². The average molecular weight is 530 g/mol. The summed E-state index contributed by atoms with van der Waals surface area (Å²) in [7, 11) is 1.60. The highest BCUT2D eigenvalue weighted by atomic mass is 16.6. The van der Waals surface area contributed by atoms with E-state index in [4.69, 9.17) is 9.47 Å². The molecule has 0 aliphatic carbocycles. The molecule has 204 valence electrons. The number of nitrogens with zero attached hydrogens (tertiary/aromatic N) is 2. The number of ether oxygens (including phenoxy) is 2. The fraction of sp³-hybridized carbons (Fsp3) is 0.387. The molecular formula is C31H35N3O5. The Morgan fingerprint density at radius 2 is 1.77 bits per heavy atom. The van der Waals surface area contributed by atoms with Crippen LogP contribution in [0.5, 0.6) is 5.75 Å². The highest BCUT2D eigenvalue weighted by molar-refractivity contribution is 6.16. The summed E-state index contributed by atoms with van der Waals surface area (Å²) in [5.74, 6) is 0.254. The van der Waals surface area contributed by atoms with Crippen molar-refractivity contribution in [3.63, 3.8) is 0 Å². The van der Waals surface area contributed by atoms with E-state index in [1.807, 2.05) is 57.2 Å². The van der Waals surface area contributed by atoms with Gasteiger partial charge in [-0.05, 0) is 69.2 Å². The van der Waals surface area contributed by atoms with Crippen LogP contribution < -0.4 is 10.1 Å². The lowest BCUT2D eigenvalue weighted by atomic mass is 10.0. The lowest BCUT2D eigenvalue weighted by Gasteiger charge is -2.38. The summed E-state index contributed by atoms with van der Waals surface area (Å²) in [6, 6.07) is 16.5. The van der Waals surface area contributed by atoms with Crippen molar-refractivity contribution in [1.29, 1.82) is 0 Å². The van der Waals surface area contributed by atoms with Crippen molar-refractivity contribution >= 4 is 34.4 Å². The number of rotatable bonds is 5. The minimum Gasteiger partial charge on any atom is -0.496 e. The number of amides is 3. The van der Waals surface area contributed by atoms with Gasteiger partial charge in [0, 0.05) is 30.6 Å². The van der Waals surface area contributed by atoms with Crippen molar-refractivity contribution in [2.24, 2.45) is 0 Å². The Bertz CT molecular complexity index is 1430. The monoisotopic (exact) mass is 529 g/mol. The van der Waals surface area contributed by atoms with Gasteiger partial charge in [-0.15, -0.1) is 0 Å². The van der Waals surface area contributed by atoms with Crippen LogP contribution in [0.15, 0.2) is 54.6 Å². The van der Waals surface area contributed by atoms with E-state index in [0.717, 1.165) is 35.6 Å². The van der Waals surface area contributed by atoms with E-state index in [-0.39, 0.29) is 23.9 Å². The second-order valence-corrected chi connectivity index (χ2v) is 11.2. The maximum atomic E-state index is 13.6. The molecule has 1 N–H and O–H groups in total. The molecule has 8 nitrogen and oxygen atoms in total. The van der Waals surface area contributed by atoms with Crippen LogP contribution in [0, 0.1) is 0 Å². The van der Waals surface area contributed by atoms with Gasteiger partial charge in [0.05, 0.1) is 24.4 Å². The maximum Gasteiger partial charge on any atom is 0.410 e. The normalized spacial score (nSPS) is 17.2. The van der Waals surface area contributed by atoms with Gasteiger partial charge in [-0.3, -0.25) is 9.59 Å². The summed E-state index contributed by atoms with van der Waals surface area (Å²) in [6.07, 6.45) is 2.39. The molecule has 0 radical (unpaired) electrons. The second kappa shape index (κ2) is 10.6. The van der Waals surface area contributed by atoms with Crippen LogP contribution in [0.1, 0.15) is 66.3 Å². The second-order valence-electron chi connectivity index (χ2n) is 11.2. The third kappa shape index (κ3) is 5.41. The first-order chi connectivity index (χ1) is 18.7. The number of carbonyl (C=O) groups is 3. The molecule has 3 aromatic carbocycles. The zero-order valence-corrected chi connectivity index (χ0v) is 23.0. The Hall–Kier alpha value is -4.07. The first-order valence-electron chi connectivity index (χ1n) is 13.4. The van der Waals surface area contributed by atoms with E-state index in [1.165, 1.54) is 0 Å². The van der Waals surface area contributed by atoms with Gasteiger partial charge < -0.3 is 24.6 Å². The molecule has 39 heavy (non-hydrogen) atoms. The number of methoxy groups -OCH3 is 1. The van der Waals surface area contributed by atoms with Crippen molar-refractivity contribution in [2.45, 2.75) is 58.2 Å². The van der Waals surface area contributed by atoms with E-state index in [0.29, 0.717) is 42.2 Å². The molecule has 1 saturated heterocycles. The number of nitrogens with one attached hydrogen (secondary N) is 1. The third-order valence-electron chi connectivity index (χ3n) is 7.30. The Morgan fingerprint density at radius 3 is 2.51 bits per heavy atom. The number of benzene rings is 3. The number of hydrogen-bond donors (Lipinski definition) is 1. The zero-order chi connectivity index (χ0) is 27.7. The minimum atomic E-state index is -0.582. The molecule has 0 saturated carbocycles. The summed E-state index contributed by atoms with van der Waals surface area (Å²) >= 11 is 0. The van der Waals surface area contributed by atoms with E-state index in [1.54, 1.807) is 35.1 Å². The van der Waals surface area contributed by atoms with E-state index < -0.39 is 5.60 Å². The number of piperidine rings is 1. The number of fused-ring (bicyclic) bond motifs is 2. The summed E-state index contributed by atoms with van der Waals surface area (Å²) < 4.78 is 11.1. The van der Waals surface area contributed by atoms with Gasteiger partial charge in [-0.25, -0.2) is 4.79 Å². The molecule has 2 heterocycles. The van der Waals surface area contributed by atoms with Crippen LogP contribution >= 0.6 is 0 Å². The quantitative estimate of drug-likeness (QED) is 0.448. The number of likely N-dealkylation sites (tertiary alicyclic amines) is 1. The summed E-state index contributed by atoms with van der Waals surface area (Å²) in [4.78, 5) is 43.5. The van der Waals surface area contributed by atoms with Gasteiger partial charge in [-0.2, -0.15) is 0 Å². The lowest BCUT2D eigenvalue weighted by Crippen LogP contribution is -2.51. The Kier molecular flexibility index (Phi) is 7.21. The van der Waals surface area contributed by atoms with Crippen molar-refractivity contribution in [1.82, 2.24) is 9.80 Å². The van der Waals surface area contributed by atoms with Gasteiger partial charge >= 0.3 is 6.09 Å². The minimum absolute atomic E-state index is 0.115. The molecule has 1 fully saturated rings. The first-order valence-corrected chi connectivity index (χ1v) is 13.4. The largest absolute Gasteiger partial charge is 0.496 e. The van der Waals surface area contributed by atoms with Crippen LogP contribution in [0.2, 0.25) is 0 Å². The van der Waals surface area contributed by atoms with E-state index >= 15 is 0 Å². The number of hydrogen-bond acceptors (Lipinski definition) is 5. The standard InChI is InChI=1S/C31H35N3O5/c1-31(2,3)39-30(37)34-17-8-7-11-21(34)19-33-18-20-10-9-14-25(27(20)29(33)36)32-28(35)24-15-16-26(38-4)23-13-6-5-12-22(23)24/h5-6,9-10,12-16,21H,7-8,11,17-19H2,1-4H3,(H,32,35). The Morgan fingerprint density at radius 1 is 1.00 bits per heavy atom. The Balaban J connectivity index is 1.35. The highest BCUT2D eigenvalue weighted by Gasteiger charge is 2.36. The zero-order valence-electron chi connectivity index (χ0n) is 23.0. The maximum absolute atomic E-state index is 13.6.